The first kappa shape index (κ1) is 24.8. The number of aryl methyl sites for hydroxylation is 3. The van der Waals surface area contributed by atoms with Crippen LogP contribution in [0.25, 0.3) is 11.0 Å². The molecule has 0 amide bonds. The summed E-state index contributed by atoms with van der Waals surface area (Å²) in [7, 11) is 0. The Kier molecular flexibility index (Phi) is 7.84. The number of nitrogens with zero attached hydrogens (tertiary/aromatic N) is 4. The predicted octanol–water partition coefficient (Wildman–Crippen LogP) is 4.16. The van der Waals surface area contributed by atoms with Crippen molar-refractivity contribution in [1.82, 2.24) is 19.3 Å². The van der Waals surface area contributed by atoms with Crippen LogP contribution in [0.2, 0.25) is 0 Å². The minimum absolute atomic E-state index is 0.0835. The maximum absolute atomic E-state index is 13.3. The smallest absolute Gasteiger partial charge is 0.319 e. The van der Waals surface area contributed by atoms with Gasteiger partial charge >= 0.3 is 5.97 Å². The van der Waals surface area contributed by atoms with Crippen LogP contribution >= 0.6 is 11.8 Å². The quantitative estimate of drug-likeness (QED) is 0.418. The lowest BCUT2D eigenvalue weighted by Crippen LogP contribution is -2.29. The molecule has 0 spiro atoms. The van der Waals surface area contributed by atoms with Crippen LogP contribution < -0.4 is 10.3 Å². The summed E-state index contributed by atoms with van der Waals surface area (Å²) in [6, 6.07) is 7.32. The zero-order valence-corrected chi connectivity index (χ0v) is 20.7. The minimum Gasteiger partial charge on any atom is -0.492 e. The van der Waals surface area contributed by atoms with E-state index in [2.05, 4.69) is 12.0 Å². The Morgan fingerprint density at radius 2 is 1.88 bits per heavy atom. The van der Waals surface area contributed by atoms with E-state index in [0.29, 0.717) is 37.4 Å². The van der Waals surface area contributed by atoms with E-state index in [1.54, 1.807) is 23.1 Å². The molecule has 9 heteroatoms. The normalized spacial score (nSPS) is 11.8. The zero-order chi connectivity index (χ0) is 24.2. The average Bonchev–Trinajstić information content (AvgIpc) is 3.13. The van der Waals surface area contributed by atoms with Gasteiger partial charge in [-0.2, -0.15) is 5.10 Å². The van der Waals surface area contributed by atoms with Crippen LogP contribution in [0.4, 0.5) is 0 Å². The van der Waals surface area contributed by atoms with Crippen LogP contribution in [0.1, 0.15) is 52.6 Å². The van der Waals surface area contributed by atoms with E-state index in [-0.39, 0.29) is 5.56 Å². The minimum atomic E-state index is -0.909. The molecule has 0 saturated carbocycles. The third-order valence-corrected chi connectivity index (χ3v) is 6.59. The number of rotatable bonds is 11. The highest BCUT2D eigenvalue weighted by molar-refractivity contribution is 8.01. The molecule has 0 aliphatic heterocycles. The van der Waals surface area contributed by atoms with Gasteiger partial charge in [0.1, 0.15) is 28.4 Å². The molecule has 0 radical (unpaired) electrons. The molecule has 1 N–H and O–H groups in total. The lowest BCUT2D eigenvalue weighted by atomic mass is 10.2. The van der Waals surface area contributed by atoms with Crippen LogP contribution in [-0.4, -0.2) is 41.8 Å². The number of carbonyl (C=O) groups is 1. The van der Waals surface area contributed by atoms with Crippen molar-refractivity contribution in [1.29, 1.82) is 0 Å². The summed E-state index contributed by atoms with van der Waals surface area (Å²) in [5, 5.41) is 13.9. The van der Waals surface area contributed by atoms with E-state index >= 15 is 0 Å². The molecule has 3 aromatic rings. The van der Waals surface area contributed by atoms with Gasteiger partial charge in [0.2, 0.25) is 0 Å². The molecule has 0 aliphatic rings. The molecule has 0 atom stereocenters. The topological polar surface area (TPSA) is 99.2 Å². The zero-order valence-electron chi connectivity index (χ0n) is 19.9. The molecular formula is C24H32N4O4S. The standard InChI is InChI=1S/C24H32N4O4S/c1-6-9-18-20-21(28(8-3)26-18)22(29)27(19(7-2)25-20)14-15-32-16-10-12-17(13-11-16)33-24(4,5)23(30)31/h10-13H,6-9,14-15H2,1-5H3,(H,30,31). The maximum atomic E-state index is 13.3. The first-order valence-electron chi connectivity index (χ1n) is 11.4. The van der Waals surface area contributed by atoms with Crippen molar-refractivity contribution in [2.45, 2.75) is 76.6 Å². The summed E-state index contributed by atoms with van der Waals surface area (Å²) in [6.45, 7) is 10.7. The summed E-state index contributed by atoms with van der Waals surface area (Å²) in [6.07, 6.45) is 2.38. The molecule has 8 nitrogen and oxygen atoms in total. The summed E-state index contributed by atoms with van der Waals surface area (Å²) in [5.74, 6) is 0.532. The van der Waals surface area contributed by atoms with Crippen LogP contribution in [0.5, 0.6) is 5.75 Å². The van der Waals surface area contributed by atoms with Gasteiger partial charge in [0.25, 0.3) is 5.56 Å². The number of hydrogen-bond acceptors (Lipinski definition) is 6. The Morgan fingerprint density at radius 3 is 2.45 bits per heavy atom. The Hall–Kier alpha value is -2.81. The first-order chi connectivity index (χ1) is 15.7. The molecule has 0 unspecified atom stereocenters. The summed E-state index contributed by atoms with van der Waals surface area (Å²) < 4.78 is 8.40. The highest BCUT2D eigenvalue weighted by atomic mass is 32.2. The van der Waals surface area contributed by atoms with Crippen molar-refractivity contribution in [2.75, 3.05) is 6.61 Å². The number of ether oxygens (including phenoxy) is 1. The van der Waals surface area contributed by atoms with Crippen molar-refractivity contribution in [3.8, 4) is 5.75 Å². The van der Waals surface area contributed by atoms with Gasteiger partial charge < -0.3 is 9.84 Å². The van der Waals surface area contributed by atoms with Gasteiger partial charge in [-0.15, -0.1) is 11.8 Å². The van der Waals surface area contributed by atoms with E-state index < -0.39 is 10.7 Å². The number of fused-ring (bicyclic) bond motifs is 1. The molecule has 0 fully saturated rings. The van der Waals surface area contributed by atoms with Gasteiger partial charge in [-0.05, 0) is 51.5 Å². The Balaban J connectivity index is 1.77. The lowest BCUT2D eigenvalue weighted by molar-refractivity contribution is -0.138. The number of benzene rings is 1. The lowest BCUT2D eigenvalue weighted by Gasteiger charge is -2.18. The van der Waals surface area contributed by atoms with E-state index in [0.717, 1.165) is 34.8 Å². The fourth-order valence-electron chi connectivity index (χ4n) is 3.60. The number of hydrogen-bond donors (Lipinski definition) is 1. The van der Waals surface area contributed by atoms with Crippen molar-refractivity contribution < 1.29 is 14.6 Å². The van der Waals surface area contributed by atoms with Gasteiger partial charge in [-0.25, -0.2) is 4.98 Å². The molecule has 2 aromatic heterocycles. The highest BCUT2D eigenvalue weighted by Gasteiger charge is 2.28. The molecule has 3 rings (SSSR count). The fraction of sp³-hybridized carbons (Fsp3) is 0.500. The van der Waals surface area contributed by atoms with E-state index in [4.69, 9.17) is 9.72 Å². The second-order valence-electron chi connectivity index (χ2n) is 8.29. The number of thioether (sulfide) groups is 1. The monoisotopic (exact) mass is 472 g/mol. The molecule has 33 heavy (non-hydrogen) atoms. The molecule has 2 heterocycles. The fourth-order valence-corrected chi connectivity index (χ4v) is 4.55. The van der Waals surface area contributed by atoms with Crippen LogP contribution in [0.3, 0.4) is 0 Å². The Labute approximate surface area is 198 Å². The van der Waals surface area contributed by atoms with Gasteiger partial charge in [-0.3, -0.25) is 18.8 Å². The number of carboxylic acids is 1. The summed E-state index contributed by atoms with van der Waals surface area (Å²) >= 11 is 1.28. The van der Waals surface area contributed by atoms with Crippen molar-refractivity contribution in [2.24, 2.45) is 0 Å². The summed E-state index contributed by atoms with van der Waals surface area (Å²) in [5.41, 5.74) is 2.07. The molecule has 0 bridgehead atoms. The van der Waals surface area contributed by atoms with Crippen molar-refractivity contribution in [3.05, 3.63) is 46.1 Å². The maximum Gasteiger partial charge on any atom is 0.319 e. The number of aromatic nitrogens is 4. The van der Waals surface area contributed by atoms with Crippen molar-refractivity contribution >= 4 is 28.8 Å². The summed E-state index contributed by atoms with van der Waals surface area (Å²) in [4.78, 5) is 30.3. The second-order valence-corrected chi connectivity index (χ2v) is 9.98. The van der Waals surface area contributed by atoms with Gasteiger partial charge in [-0.1, -0.05) is 20.3 Å². The highest BCUT2D eigenvalue weighted by Crippen LogP contribution is 2.33. The Morgan fingerprint density at radius 1 is 1.18 bits per heavy atom. The van der Waals surface area contributed by atoms with E-state index in [9.17, 15) is 14.7 Å². The molecule has 0 saturated heterocycles. The Bertz CT molecular complexity index is 1180. The second kappa shape index (κ2) is 10.4. The van der Waals surface area contributed by atoms with E-state index in [1.165, 1.54) is 11.8 Å². The van der Waals surface area contributed by atoms with Crippen LogP contribution in [-0.2, 0) is 30.7 Å². The molecule has 0 aliphatic carbocycles. The van der Waals surface area contributed by atoms with Gasteiger partial charge in [0, 0.05) is 17.9 Å². The molecule has 1 aromatic carbocycles. The van der Waals surface area contributed by atoms with Gasteiger partial charge in [0.15, 0.2) is 5.52 Å². The molecular weight excluding hydrogens is 440 g/mol. The van der Waals surface area contributed by atoms with Crippen LogP contribution in [0, 0.1) is 0 Å². The average molecular weight is 473 g/mol. The third kappa shape index (κ3) is 5.40. The van der Waals surface area contributed by atoms with Crippen molar-refractivity contribution in [3.63, 3.8) is 0 Å². The number of aliphatic carboxylic acids is 1. The first-order valence-corrected chi connectivity index (χ1v) is 12.2. The number of carboxylic acid groups (broad SMARTS) is 1. The van der Waals surface area contributed by atoms with Crippen LogP contribution in [0.15, 0.2) is 34.0 Å². The predicted molar refractivity (Wildman–Crippen MR) is 130 cm³/mol. The van der Waals surface area contributed by atoms with Gasteiger partial charge in [0.05, 0.1) is 12.2 Å². The molecule has 178 valence electrons. The largest absolute Gasteiger partial charge is 0.492 e. The third-order valence-electron chi connectivity index (χ3n) is 5.40. The SMILES string of the molecule is CCCc1nn(CC)c2c(=O)n(CCOc3ccc(SC(C)(C)C(=O)O)cc3)c(CC)nc12. The van der Waals surface area contributed by atoms with E-state index in [1.807, 2.05) is 38.1 Å².